The van der Waals surface area contributed by atoms with Gasteiger partial charge in [-0.3, -0.25) is 4.79 Å². The molecule has 0 bridgehead atoms. The van der Waals surface area contributed by atoms with E-state index >= 15 is 0 Å². The Morgan fingerprint density at radius 1 is 1.19 bits per heavy atom. The van der Waals surface area contributed by atoms with E-state index in [0.29, 0.717) is 30.6 Å². The first-order chi connectivity index (χ1) is 9.92. The Morgan fingerprint density at radius 2 is 2.00 bits per heavy atom. The highest BCUT2D eigenvalue weighted by Crippen LogP contribution is 2.62. The third-order valence-electron chi connectivity index (χ3n) is 7.19. The van der Waals surface area contributed by atoms with Crippen molar-refractivity contribution in [3.63, 3.8) is 0 Å². The van der Waals surface area contributed by atoms with Crippen molar-refractivity contribution in [1.29, 1.82) is 0 Å². The molecule has 3 heteroatoms. The van der Waals surface area contributed by atoms with Crippen molar-refractivity contribution in [2.75, 3.05) is 0 Å². The normalized spacial score (nSPS) is 52.7. The van der Waals surface area contributed by atoms with Crippen LogP contribution in [0.1, 0.15) is 58.3 Å². The summed E-state index contributed by atoms with van der Waals surface area (Å²) in [4.78, 5) is 11.7. The van der Waals surface area contributed by atoms with Crippen molar-refractivity contribution in [2.45, 2.75) is 70.0 Å². The molecule has 0 saturated heterocycles. The van der Waals surface area contributed by atoms with Gasteiger partial charge in [-0.25, -0.2) is 0 Å². The molecule has 0 aromatic heterocycles. The number of aliphatic hydroxyl groups is 2. The molecule has 4 aliphatic rings. The highest BCUT2D eigenvalue weighted by molar-refractivity contribution is 5.92. The van der Waals surface area contributed by atoms with Gasteiger partial charge in [0.2, 0.25) is 0 Å². The van der Waals surface area contributed by atoms with Gasteiger partial charge >= 0.3 is 0 Å². The van der Waals surface area contributed by atoms with Gasteiger partial charge in [0.15, 0.2) is 5.78 Å². The highest BCUT2D eigenvalue weighted by atomic mass is 16.3. The van der Waals surface area contributed by atoms with Crippen LogP contribution in [0.4, 0.5) is 0 Å². The second kappa shape index (κ2) is 4.42. The Labute approximate surface area is 126 Å². The van der Waals surface area contributed by atoms with Crippen molar-refractivity contribution in [3.05, 3.63) is 11.6 Å². The summed E-state index contributed by atoms with van der Waals surface area (Å²) in [5.74, 6) is 1.56. The maximum absolute atomic E-state index is 11.7. The van der Waals surface area contributed by atoms with Gasteiger partial charge in [-0.2, -0.15) is 0 Å². The second-order valence-electron chi connectivity index (χ2n) is 8.26. The molecule has 0 spiro atoms. The summed E-state index contributed by atoms with van der Waals surface area (Å²) in [5.41, 5.74) is 0.538. The molecule has 0 aromatic carbocycles. The number of aliphatic hydroxyl groups excluding tert-OH is 1. The average molecular weight is 290 g/mol. The van der Waals surface area contributed by atoms with E-state index in [0.717, 1.165) is 44.1 Å². The topological polar surface area (TPSA) is 57.5 Å². The lowest BCUT2D eigenvalue weighted by Crippen LogP contribution is -2.54. The Morgan fingerprint density at radius 3 is 2.81 bits per heavy atom. The summed E-state index contributed by atoms with van der Waals surface area (Å²) in [7, 11) is 0. The Kier molecular flexibility index (Phi) is 2.94. The largest absolute Gasteiger partial charge is 0.393 e. The van der Waals surface area contributed by atoms with E-state index in [4.69, 9.17) is 0 Å². The van der Waals surface area contributed by atoms with Crippen LogP contribution in [-0.2, 0) is 4.79 Å². The molecule has 0 amide bonds. The summed E-state index contributed by atoms with van der Waals surface area (Å²) >= 11 is 0. The fraction of sp³-hybridized carbons (Fsp3) is 0.833. The number of hydrogen-bond acceptors (Lipinski definition) is 3. The van der Waals surface area contributed by atoms with E-state index in [2.05, 4.69) is 6.92 Å². The molecular weight excluding hydrogens is 264 g/mol. The second-order valence-corrected chi connectivity index (χ2v) is 8.26. The fourth-order valence-electron chi connectivity index (χ4n) is 6.20. The van der Waals surface area contributed by atoms with Crippen molar-refractivity contribution in [1.82, 2.24) is 0 Å². The molecule has 4 aliphatic carbocycles. The van der Waals surface area contributed by atoms with Gasteiger partial charge in [0, 0.05) is 6.42 Å². The van der Waals surface area contributed by atoms with Crippen LogP contribution in [0.2, 0.25) is 0 Å². The van der Waals surface area contributed by atoms with Crippen LogP contribution in [0.25, 0.3) is 0 Å². The van der Waals surface area contributed by atoms with Crippen LogP contribution in [0.15, 0.2) is 11.6 Å². The third kappa shape index (κ3) is 1.90. The summed E-state index contributed by atoms with van der Waals surface area (Å²) in [6.45, 7) is 2.34. The SMILES string of the molecule is C[C@]12CC[C@@H]3[C@H](CCC4=CC(=O)CC[C@@]43O)[C@@H]1C[C@@H](O)C2. The van der Waals surface area contributed by atoms with E-state index in [1.54, 1.807) is 6.08 Å². The molecule has 0 aromatic rings. The van der Waals surface area contributed by atoms with Gasteiger partial charge in [-0.05, 0) is 79.8 Å². The van der Waals surface area contributed by atoms with Gasteiger partial charge in [0.05, 0.1) is 11.7 Å². The van der Waals surface area contributed by atoms with E-state index in [9.17, 15) is 15.0 Å². The summed E-state index contributed by atoms with van der Waals surface area (Å²) in [5, 5.41) is 21.4. The number of carbonyl (C=O) groups excluding carboxylic acids is 1. The predicted octanol–water partition coefficient (Wildman–Crippen LogP) is 2.60. The van der Waals surface area contributed by atoms with Crippen LogP contribution < -0.4 is 0 Å². The third-order valence-corrected chi connectivity index (χ3v) is 7.19. The number of fused-ring (bicyclic) bond motifs is 5. The van der Waals surface area contributed by atoms with Crippen molar-refractivity contribution in [2.24, 2.45) is 23.2 Å². The van der Waals surface area contributed by atoms with Crippen molar-refractivity contribution in [3.8, 4) is 0 Å². The molecule has 116 valence electrons. The molecule has 4 rings (SSSR count). The standard InChI is InChI=1S/C18H26O3/c1-17-6-5-15-14(16(17)9-13(20)10-17)3-2-11-8-12(19)4-7-18(11,15)21/h8,13-16,20-21H,2-7,9-10H2,1H3/t13-,14+,15-,16+,17-,18-/m1/s1. The lowest BCUT2D eigenvalue weighted by molar-refractivity contribution is -0.124. The number of carbonyl (C=O) groups is 1. The van der Waals surface area contributed by atoms with Crippen molar-refractivity contribution < 1.29 is 15.0 Å². The maximum atomic E-state index is 11.7. The van der Waals surface area contributed by atoms with E-state index < -0.39 is 5.60 Å². The zero-order chi connectivity index (χ0) is 14.8. The molecule has 6 atom stereocenters. The average Bonchev–Trinajstić information content (AvgIpc) is 2.74. The van der Waals surface area contributed by atoms with Gasteiger partial charge in [-0.15, -0.1) is 0 Å². The zero-order valence-corrected chi connectivity index (χ0v) is 12.8. The van der Waals surface area contributed by atoms with Gasteiger partial charge in [0.25, 0.3) is 0 Å². The molecule has 0 radical (unpaired) electrons. The quantitative estimate of drug-likeness (QED) is 0.721. The molecule has 3 fully saturated rings. The first kappa shape index (κ1) is 14.0. The minimum Gasteiger partial charge on any atom is -0.393 e. The summed E-state index contributed by atoms with van der Waals surface area (Å²) < 4.78 is 0. The lowest BCUT2D eigenvalue weighted by Gasteiger charge is -2.56. The fourth-order valence-corrected chi connectivity index (χ4v) is 6.20. The molecule has 21 heavy (non-hydrogen) atoms. The molecule has 0 heterocycles. The van der Waals surface area contributed by atoms with Crippen LogP contribution in [-0.4, -0.2) is 27.7 Å². The summed E-state index contributed by atoms with van der Waals surface area (Å²) in [6, 6.07) is 0. The minimum atomic E-state index is -0.730. The number of ketones is 1. The Bertz CT molecular complexity index is 511. The van der Waals surface area contributed by atoms with Crippen molar-refractivity contribution >= 4 is 5.78 Å². The number of hydrogen-bond donors (Lipinski definition) is 2. The molecular formula is C18H26O3. The molecule has 3 nitrogen and oxygen atoms in total. The monoisotopic (exact) mass is 290 g/mol. The molecule has 3 saturated carbocycles. The Hall–Kier alpha value is -0.670. The predicted molar refractivity (Wildman–Crippen MR) is 79.6 cm³/mol. The lowest BCUT2D eigenvalue weighted by atomic mass is 9.51. The van der Waals surface area contributed by atoms with Crippen LogP contribution >= 0.6 is 0 Å². The van der Waals surface area contributed by atoms with E-state index in [-0.39, 0.29) is 17.3 Å². The van der Waals surface area contributed by atoms with E-state index in [1.807, 2.05) is 0 Å². The maximum Gasteiger partial charge on any atom is 0.155 e. The zero-order valence-electron chi connectivity index (χ0n) is 12.8. The van der Waals surface area contributed by atoms with Gasteiger partial charge in [0.1, 0.15) is 0 Å². The smallest absolute Gasteiger partial charge is 0.155 e. The molecule has 2 N–H and O–H groups in total. The first-order valence-corrected chi connectivity index (χ1v) is 8.57. The first-order valence-electron chi connectivity index (χ1n) is 8.57. The highest BCUT2D eigenvalue weighted by Gasteiger charge is 2.58. The van der Waals surface area contributed by atoms with Crippen LogP contribution in [0.5, 0.6) is 0 Å². The van der Waals surface area contributed by atoms with E-state index in [1.165, 1.54) is 0 Å². The van der Waals surface area contributed by atoms with Gasteiger partial charge in [-0.1, -0.05) is 6.92 Å². The van der Waals surface area contributed by atoms with Crippen LogP contribution in [0.3, 0.4) is 0 Å². The Balaban J connectivity index is 1.68. The van der Waals surface area contributed by atoms with Gasteiger partial charge < -0.3 is 10.2 Å². The van der Waals surface area contributed by atoms with Crippen LogP contribution in [0, 0.1) is 23.2 Å². The molecule has 0 aliphatic heterocycles. The minimum absolute atomic E-state index is 0.154. The number of rotatable bonds is 0. The molecule has 0 unspecified atom stereocenters. The summed E-state index contributed by atoms with van der Waals surface area (Å²) in [6.07, 6.45) is 8.64.